The Hall–Kier alpha value is -2.20. The van der Waals surface area contributed by atoms with Gasteiger partial charge in [0, 0.05) is 18.7 Å². The van der Waals surface area contributed by atoms with Crippen molar-refractivity contribution in [3.63, 3.8) is 0 Å². The lowest BCUT2D eigenvalue weighted by atomic mass is 10.2. The van der Waals surface area contributed by atoms with Crippen molar-refractivity contribution in [2.45, 2.75) is 0 Å². The van der Waals surface area contributed by atoms with E-state index < -0.39 is 0 Å². The molecule has 19 heavy (non-hydrogen) atoms. The van der Waals surface area contributed by atoms with Gasteiger partial charge >= 0.3 is 0 Å². The van der Waals surface area contributed by atoms with Crippen molar-refractivity contribution in [2.75, 3.05) is 12.4 Å². The third-order valence-corrected chi connectivity index (χ3v) is 3.68. The van der Waals surface area contributed by atoms with Gasteiger partial charge in [-0.2, -0.15) is 0 Å². The maximum Gasteiger partial charge on any atom is 0.162 e. The monoisotopic (exact) mass is 267 g/mol. The third kappa shape index (κ3) is 2.48. The molecule has 0 fully saturated rings. The van der Waals surface area contributed by atoms with Gasteiger partial charge in [0.1, 0.15) is 5.82 Å². The second kappa shape index (κ2) is 5.20. The highest BCUT2D eigenvalue weighted by Gasteiger charge is 2.08. The number of aromatic nitrogens is 2. The Kier molecular flexibility index (Phi) is 3.25. The fourth-order valence-corrected chi connectivity index (χ4v) is 2.53. The molecule has 0 aliphatic rings. The van der Waals surface area contributed by atoms with E-state index in [9.17, 15) is 0 Å². The van der Waals surface area contributed by atoms with Crippen molar-refractivity contribution >= 4 is 17.2 Å². The molecule has 0 aliphatic heterocycles. The van der Waals surface area contributed by atoms with Crippen LogP contribution in [-0.2, 0) is 0 Å². The summed E-state index contributed by atoms with van der Waals surface area (Å²) in [6.45, 7) is 0. The third-order valence-electron chi connectivity index (χ3n) is 2.79. The van der Waals surface area contributed by atoms with E-state index in [-0.39, 0.29) is 0 Å². The molecule has 0 saturated heterocycles. The summed E-state index contributed by atoms with van der Waals surface area (Å²) in [5.74, 6) is 1.58. The fraction of sp³-hybridized carbons (Fsp3) is 0.0667. The number of nitrogens with zero attached hydrogens (tertiary/aromatic N) is 2. The van der Waals surface area contributed by atoms with Crippen LogP contribution < -0.4 is 5.32 Å². The predicted molar refractivity (Wildman–Crippen MR) is 80.3 cm³/mol. The van der Waals surface area contributed by atoms with Crippen LogP contribution in [0.5, 0.6) is 0 Å². The zero-order chi connectivity index (χ0) is 13.1. The van der Waals surface area contributed by atoms with Crippen LogP contribution in [0.15, 0.2) is 53.9 Å². The van der Waals surface area contributed by atoms with Gasteiger partial charge in [0.15, 0.2) is 5.82 Å². The molecule has 0 saturated carbocycles. The Bertz CT molecular complexity index is 663. The minimum absolute atomic E-state index is 0.746. The average molecular weight is 267 g/mol. The quantitative estimate of drug-likeness (QED) is 0.781. The van der Waals surface area contributed by atoms with Gasteiger partial charge in [-0.15, -0.1) is 11.3 Å². The maximum absolute atomic E-state index is 4.65. The molecule has 2 heterocycles. The number of nitrogens with one attached hydrogen (secondary N) is 1. The predicted octanol–water partition coefficient (Wildman–Crippen LogP) is 3.91. The molecule has 0 aliphatic carbocycles. The summed E-state index contributed by atoms with van der Waals surface area (Å²) in [5, 5.41) is 5.15. The minimum atomic E-state index is 0.746. The van der Waals surface area contributed by atoms with Crippen LogP contribution in [0.25, 0.3) is 22.0 Å². The standard InChI is InChI=1S/C15H13N3S/c1-16-14-10-12(13-8-5-9-19-13)17-15(18-14)11-6-3-2-4-7-11/h2-10H,1H3,(H,16,17,18). The Morgan fingerprint density at radius 1 is 1.00 bits per heavy atom. The summed E-state index contributed by atoms with van der Waals surface area (Å²) in [6.07, 6.45) is 0. The maximum atomic E-state index is 4.65. The van der Waals surface area contributed by atoms with Crippen molar-refractivity contribution in [3.8, 4) is 22.0 Å². The first-order valence-electron chi connectivity index (χ1n) is 6.03. The number of hydrogen-bond donors (Lipinski definition) is 1. The molecule has 3 aromatic rings. The van der Waals surface area contributed by atoms with Crippen LogP contribution in [0.2, 0.25) is 0 Å². The van der Waals surface area contributed by atoms with E-state index in [2.05, 4.69) is 26.7 Å². The molecule has 3 rings (SSSR count). The van der Waals surface area contributed by atoms with E-state index in [1.165, 1.54) is 0 Å². The summed E-state index contributed by atoms with van der Waals surface area (Å²) in [7, 11) is 1.87. The van der Waals surface area contributed by atoms with Crippen LogP contribution in [0.3, 0.4) is 0 Å². The van der Waals surface area contributed by atoms with Gasteiger partial charge in [-0.05, 0) is 11.4 Å². The van der Waals surface area contributed by atoms with Crippen molar-refractivity contribution < 1.29 is 0 Å². The molecule has 1 N–H and O–H groups in total. The molecule has 0 unspecified atom stereocenters. The first-order chi connectivity index (χ1) is 9.36. The summed E-state index contributed by atoms with van der Waals surface area (Å²) in [6, 6.07) is 16.1. The second-order valence-corrected chi connectivity index (χ2v) is 5.00. The normalized spacial score (nSPS) is 10.4. The molecular weight excluding hydrogens is 254 g/mol. The number of thiophene rings is 1. The Morgan fingerprint density at radius 2 is 1.84 bits per heavy atom. The molecule has 0 bridgehead atoms. The smallest absolute Gasteiger partial charge is 0.162 e. The van der Waals surface area contributed by atoms with E-state index in [4.69, 9.17) is 0 Å². The Balaban J connectivity index is 2.13. The number of rotatable bonds is 3. The number of hydrogen-bond acceptors (Lipinski definition) is 4. The zero-order valence-electron chi connectivity index (χ0n) is 10.5. The molecule has 0 spiro atoms. The average Bonchev–Trinajstić information content (AvgIpc) is 3.02. The lowest BCUT2D eigenvalue weighted by molar-refractivity contribution is 1.17. The molecule has 1 aromatic carbocycles. The topological polar surface area (TPSA) is 37.8 Å². The van der Waals surface area contributed by atoms with E-state index in [0.29, 0.717) is 0 Å². The molecule has 2 aromatic heterocycles. The van der Waals surface area contributed by atoms with Crippen LogP contribution in [0.1, 0.15) is 0 Å². The van der Waals surface area contributed by atoms with Crippen molar-refractivity contribution in [3.05, 3.63) is 53.9 Å². The zero-order valence-corrected chi connectivity index (χ0v) is 11.3. The number of anilines is 1. The molecule has 0 atom stereocenters. The van der Waals surface area contributed by atoms with Crippen LogP contribution >= 0.6 is 11.3 Å². The fourth-order valence-electron chi connectivity index (χ4n) is 1.84. The highest BCUT2D eigenvalue weighted by atomic mass is 32.1. The first-order valence-corrected chi connectivity index (χ1v) is 6.91. The van der Waals surface area contributed by atoms with E-state index >= 15 is 0 Å². The van der Waals surface area contributed by atoms with Gasteiger partial charge in [-0.25, -0.2) is 9.97 Å². The highest BCUT2D eigenvalue weighted by Crippen LogP contribution is 2.27. The first kappa shape index (κ1) is 11.9. The van der Waals surface area contributed by atoms with Crippen LogP contribution in [-0.4, -0.2) is 17.0 Å². The lowest BCUT2D eigenvalue weighted by Gasteiger charge is -2.06. The molecule has 4 heteroatoms. The Labute approximate surface area is 116 Å². The van der Waals surface area contributed by atoms with Crippen LogP contribution in [0.4, 0.5) is 5.82 Å². The van der Waals surface area contributed by atoms with Crippen molar-refractivity contribution in [1.82, 2.24) is 9.97 Å². The molecule has 94 valence electrons. The van der Waals surface area contributed by atoms with Gasteiger partial charge in [0.25, 0.3) is 0 Å². The van der Waals surface area contributed by atoms with Crippen molar-refractivity contribution in [1.29, 1.82) is 0 Å². The molecule has 0 amide bonds. The summed E-state index contributed by atoms with van der Waals surface area (Å²) >= 11 is 1.68. The van der Waals surface area contributed by atoms with Crippen LogP contribution in [0, 0.1) is 0 Å². The van der Waals surface area contributed by atoms with Gasteiger partial charge in [-0.3, -0.25) is 0 Å². The van der Waals surface area contributed by atoms with Gasteiger partial charge in [0.05, 0.1) is 10.6 Å². The molecular formula is C15H13N3S. The van der Waals surface area contributed by atoms with Gasteiger partial charge in [-0.1, -0.05) is 36.4 Å². The molecule has 0 radical (unpaired) electrons. The highest BCUT2D eigenvalue weighted by molar-refractivity contribution is 7.13. The number of benzene rings is 1. The second-order valence-electron chi connectivity index (χ2n) is 4.06. The summed E-state index contributed by atoms with van der Waals surface area (Å²) in [5.41, 5.74) is 1.98. The summed E-state index contributed by atoms with van der Waals surface area (Å²) < 4.78 is 0. The van der Waals surface area contributed by atoms with Crippen molar-refractivity contribution in [2.24, 2.45) is 0 Å². The van der Waals surface area contributed by atoms with E-state index in [1.54, 1.807) is 11.3 Å². The minimum Gasteiger partial charge on any atom is -0.373 e. The lowest BCUT2D eigenvalue weighted by Crippen LogP contribution is -1.98. The Morgan fingerprint density at radius 3 is 2.53 bits per heavy atom. The SMILES string of the molecule is CNc1cc(-c2cccs2)nc(-c2ccccc2)n1. The van der Waals surface area contributed by atoms with Gasteiger partial charge < -0.3 is 5.32 Å². The largest absolute Gasteiger partial charge is 0.373 e. The van der Waals surface area contributed by atoms with E-state index in [1.807, 2.05) is 49.5 Å². The van der Waals surface area contributed by atoms with Gasteiger partial charge in [0.2, 0.25) is 0 Å². The molecule has 3 nitrogen and oxygen atoms in total. The summed E-state index contributed by atoms with van der Waals surface area (Å²) in [4.78, 5) is 10.3. The van der Waals surface area contributed by atoms with E-state index in [0.717, 1.165) is 27.8 Å².